The summed E-state index contributed by atoms with van der Waals surface area (Å²) in [5.74, 6) is 0.715. The van der Waals surface area contributed by atoms with Crippen LogP contribution in [-0.4, -0.2) is 11.2 Å². The summed E-state index contributed by atoms with van der Waals surface area (Å²) < 4.78 is 1.18. The second kappa shape index (κ2) is 4.12. The lowest BCUT2D eigenvalue weighted by atomic mass is 10.1. The van der Waals surface area contributed by atoms with Crippen LogP contribution in [0.4, 0.5) is 0 Å². The fourth-order valence-corrected chi connectivity index (χ4v) is 2.19. The average molecular weight is 187 g/mol. The first-order chi connectivity index (χ1) is 5.22. The first-order valence-corrected chi connectivity index (χ1v) is 5.81. The molecule has 11 heavy (non-hydrogen) atoms. The standard InChI is InChI=1S/C8H13NS2/c1-6(2)4-7-5-11-8(9-7)10-3/h5-6H,4H2,1-3H3. The zero-order valence-electron chi connectivity index (χ0n) is 7.13. The van der Waals surface area contributed by atoms with Crippen molar-refractivity contribution in [1.29, 1.82) is 0 Å². The second-order valence-electron chi connectivity index (χ2n) is 2.91. The lowest BCUT2D eigenvalue weighted by Gasteiger charge is -1.98. The van der Waals surface area contributed by atoms with E-state index in [1.807, 2.05) is 0 Å². The molecule has 0 aliphatic heterocycles. The number of nitrogens with zero attached hydrogens (tertiary/aromatic N) is 1. The Hall–Kier alpha value is -0.0200. The molecule has 1 heterocycles. The van der Waals surface area contributed by atoms with Gasteiger partial charge in [0, 0.05) is 5.38 Å². The Morgan fingerprint density at radius 1 is 1.64 bits per heavy atom. The van der Waals surface area contributed by atoms with Crippen LogP contribution in [0.1, 0.15) is 19.5 Å². The average Bonchev–Trinajstić information content (AvgIpc) is 2.34. The lowest BCUT2D eigenvalue weighted by Crippen LogP contribution is -1.93. The molecule has 0 unspecified atom stereocenters. The van der Waals surface area contributed by atoms with E-state index in [0.29, 0.717) is 5.92 Å². The number of hydrogen-bond acceptors (Lipinski definition) is 3. The molecule has 0 aliphatic carbocycles. The van der Waals surface area contributed by atoms with Crippen LogP contribution in [0.5, 0.6) is 0 Å². The molecular formula is C8H13NS2. The monoisotopic (exact) mass is 187 g/mol. The van der Waals surface area contributed by atoms with Crippen LogP contribution in [0.15, 0.2) is 9.72 Å². The van der Waals surface area contributed by atoms with E-state index in [2.05, 4.69) is 30.5 Å². The molecule has 62 valence electrons. The van der Waals surface area contributed by atoms with Crippen molar-refractivity contribution in [3.63, 3.8) is 0 Å². The smallest absolute Gasteiger partial charge is 0.149 e. The minimum absolute atomic E-state index is 0.715. The van der Waals surface area contributed by atoms with Crippen LogP contribution in [0.2, 0.25) is 0 Å². The molecule has 0 amide bonds. The molecule has 3 heteroatoms. The van der Waals surface area contributed by atoms with E-state index in [1.165, 1.54) is 10.0 Å². The predicted octanol–water partition coefficient (Wildman–Crippen LogP) is 3.06. The summed E-state index contributed by atoms with van der Waals surface area (Å²) in [4.78, 5) is 4.45. The molecule has 0 bridgehead atoms. The van der Waals surface area contributed by atoms with Gasteiger partial charge in [-0.15, -0.1) is 11.3 Å². The van der Waals surface area contributed by atoms with Gasteiger partial charge in [0.05, 0.1) is 5.69 Å². The van der Waals surface area contributed by atoms with Crippen molar-refractivity contribution in [2.45, 2.75) is 24.6 Å². The Bertz CT molecular complexity index is 218. The number of aromatic nitrogens is 1. The van der Waals surface area contributed by atoms with Crippen molar-refractivity contribution in [3.05, 3.63) is 11.1 Å². The Balaban J connectivity index is 2.58. The van der Waals surface area contributed by atoms with Crippen molar-refractivity contribution in [1.82, 2.24) is 4.98 Å². The summed E-state index contributed by atoms with van der Waals surface area (Å²) in [6, 6.07) is 0. The SMILES string of the molecule is CSc1nc(CC(C)C)cs1. The number of thiazole rings is 1. The molecule has 1 nitrogen and oxygen atoms in total. The van der Waals surface area contributed by atoms with Gasteiger partial charge in [-0.25, -0.2) is 4.98 Å². The summed E-state index contributed by atoms with van der Waals surface area (Å²) in [5.41, 5.74) is 1.24. The molecule has 1 aromatic rings. The molecule has 0 N–H and O–H groups in total. The van der Waals surface area contributed by atoms with E-state index in [9.17, 15) is 0 Å². The third-order valence-corrected chi connectivity index (χ3v) is 3.23. The normalized spacial score (nSPS) is 10.9. The second-order valence-corrected chi connectivity index (χ2v) is 4.82. The van der Waals surface area contributed by atoms with Crippen molar-refractivity contribution in [3.8, 4) is 0 Å². The highest BCUT2D eigenvalue weighted by Gasteiger charge is 2.02. The highest BCUT2D eigenvalue weighted by atomic mass is 32.2. The Morgan fingerprint density at radius 3 is 2.82 bits per heavy atom. The van der Waals surface area contributed by atoms with Crippen LogP contribution < -0.4 is 0 Å². The molecule has 0 spiro atoms. The van der Waals surface area contributed by atoms with Gasteiger partial charge in [0.1, 0.15) is 4.34 Å². The molecule has 0 saturated carbocycles. The Labute approximate surface area is 76.2 Å². The van der Waals surface area contributed by atoms with E-state index < -0.39 is 0 Å². The topological polar surface area (TPSA) is 12.9 Å². The molecule has 0 radical (unpaired) electrons. The molecule has 1 rings (SSSR count). The van der Waals surface area contributed by atoms with Gasteiger partial charge in [-0.05, 0) is 18.6 Å². The van der Waals surface area contributed by atoms with Crippen molar-refractivity contribution < 1.29 is 0 Å². The van der Waals surface area contributed by atoms with E-state index >= 15 is 0 Å². The Kier molecular flexibility index (Phi) is 3.40. The fourth-order valence-electron chi connectivity index (χ4n) is 0.894. The number of hydrogen-bond donors (Lipinski definition) is 0. The maximum atomic E-state index is 4.45. The van der Waals surface area contributed by atoms with Gasteiger partial charge < -0.3 is 0 Å². The minimum atomic E-state index is 0.715. The molecule has 0 saturated heterocycles. The van der Waals surface area contributed by atoms with Crippen molar-refractivity contribution >= 4 is 23.1 Å². The zero-order chi connectivity index (χ0) is 8.27. The highest BCUT2D eigenvalue weighted by Crippen LogP contribution is 2.21. The summed E-state index contributed by atoms with van der Waals surface area (Å²) in [6.07, 6.45) is 3.18. The fraction of sp³-hybridized carbons (Fsp3) is 0.625. The molecule has 0 atom stereocenters. The van der Waals surface area contributed by atoms with E-state index in [4.69, 9.17) is 0 Å². The maximum absolute atomic E-state index is 4.45. The quantitative estimate of drug-likeness (QED) is 0.675. The van der Waals surface area contributed by atoms with Crippen molar-refractivity contribution in [2.24, 2.45) is 5.92 Å². The van der Waals surface area contributed by atoms with Gasteiger partial charge in [-0.3, -0.25) is 0 Å². The van der Waals surface area contributed by atoms with Gasteiger partial charge in [-0.2, -0.15) is 0 Å². The van der Waals surface area contributed by atoms with Gasteiger partial charge in [0.2, 0.25) is 0 Å². The molecular weight excluding hydrogens is 174 g/mol. The van der Waals surface area contributed by atoms with E-state index in [0.717, 1.165) is 6.42 Å². The summed E-state index contributed by atoms with van der Waals surface area (Å²) in [7, 11) is 0. The van der Waals surface area contributed by atoms with Crippen molar-refractivity contribution in [2.75, 3.05) is 6.26 Å². The van der Waals surface area contributed by atoms with Crippen LogP contribution in [0, 0.1) is 5.92 Å². The first kappa shape index (κ1) is 9.07. The molecule has 0 aliphatic rings. The number of thioether (sulfide) groups is 1. The third kappa shape index (κ3) is 2.83. The van der Waals surface area contributed by atoms with Crippen LogP contribution in [0.25, 0.3) is 0 Å². The lowest BCUT2D eigenvalue weighted by molar-refractivity contribution is 0.635. The molecule has 0 aromatic carbocycles. The molecule has 1 aromatic heterocycles. The summed E-state index contributed by atoms with van der Waals surface area (Å²) >= 11 is 3.47. The van der Waals surface area contributed by atoms with Crippen LogP contribution in [-0.2, 0) is 6.42 Å². The van der Waals surface area contributed by atoms with E-state index in [-0.39, 0.29) is 0 Å². The van der Waals surface area contributed by atoms with Gasteiger partial charge in [-0.1, -0.05) is 25.6 Å². The highest BCUT2D eigenvalue weighted by molar-refractivity contribution is 8.00. The minimum Gasteiger partial charge on any atom is -0.235 e. The Morgan fingerprint density at radius 2 is 2.36 bits per heavy atom. The van der Waals surface area contributed by atoms with Gasteiger partial charge in [0.25, 0.3) is 0 Å². The first-order valence-electron chi connectivity index (χ1n) is 3.70. The largest absolute Gasteiger partial charge is 0.235 e. The van der Waals surface area contributed by atoms with Gasteiger partial charge >= 0.3 is 0 Å². The van der Waals surface area contributed by atoms with Gasteiger partial charge in [0.15, 0.2) is 0 Å². The zero-order valence-corrected chi connectivity index (χ0v) is 8.76. The van der Waals surface area contributed by atoms with Crippen LogP contribution in [0.3, 0.4) is 0 Å². The third-order valence-electron chi connectivity index (χ3n) is 1.32. The maximum Gasteiger partial charge on any atom is 0.149 e. The molecule has 0 fully saturated rings. The predicted molar refractivity (Wildman–Crippen MR) is 52.4 cm³/mol. The van der Waals surface area contributed by atoms with E-state index in [1.54, 1.807) is 23.1 Å². The summed E-state index contributed by atoms with van der Waals surface area (Å²) in [6.45, 7) is 4.44. The number of rotatable bonds is 3. The summed E-state index contributed by atoms with van der Waals surface area (Å²) in [5, 5.41) is 2.16. The van der Waals surface area contributed by atoms with Crippen LogP contribution >= 0.6 is 23.1 Å².